The van der Waals surface area contributed by atoms with Gasteiger partial charge in [0, 0.05) is 0 Å². The van der Waals surface area contributed by atoms with Crippen LogP contribution in [0.1, 0.15) is 5.56 Å². The van der Waals surface area contributed by atoms with Crippen LogP contribution < -0.4 is 9.47 Å². The number of allylic oxidation sites excluding steroid dienone is 1. The lowest BCUT2D eigenvalue weighted by Gasteiger charge is -2.14. The number of hydrogen-bond acceptors (Lipinski definition) is 4. The molecule has 0 saturated heterocycles. The summed E-state index contributed by atoms with van der Waals surface area (Å²) in [6.45, 7) is 3.53. The van der Waals surface area contributed by atoms with E-state index in [1.165, 1.54) is 0 Å². The van der Waals surface area contributed by atoms with E-state index in [9.17, 15) is 0 Å². The first kappa shape index (κ1) is 12.9. The smallest absolute Gasteiger partial charge is 0.164 e. The Morgan fingerprint density at radius 2 is 2.25 bits per heavy atom. The van der Waals surface area contributed by atoms with Crippen molar-refractivity contribution in [1.29, 1.82) is 0 Å². The number of methoxy groups -OCH3 is 1. The maximum atomic E-state index is 8.84. The maximum absolute atomic E-state index is 8.84. The van der Waals surface area contributed by atoms with Gasteiger partial charge in [-0.2, -0.15) is 0 Å². The number of thiol groups is 1. The number of rotatable bonds is 6. The standard InChI is InChI=1S/C12H16O3S/c1-3-4-9-5-6-10(11(7-9)14-2)15-12(16)8-13/h3,5-7,12-13,16H,1,4,8H2,2H3. The minimum atomic E-state index is -0.542. The molecule has 0 heterocycles. The highest BCUT2D eigenvalue weighted by atomic mass is 32.1. The van der Waals surface area contributed by atoms with Crippen LogP contribution in [0.3, 0.4) is 0 Å². The molecule has 0 aliphatic heterocycles. The van der Waals surface area contributed by atoms with Crippen LogP contribution in [0.4, 0.5) is 0 Å². The summed E-state index contributed by atoms with van der Waals surface area (Å²) >= 11 is 4.05. The van der Waals surface area contributed by atoms with E-state index >= 15 is 0 Å². The Balaban J connectivity index is 2.88. The molecule has 3 nitrogen and oxygen atoms in total. The van der Waals surface area contributed by atoms with Gasteiger partial charge >= 0.3 is 0 Å². The molecule has 0 aliphatic rings. The number of ether oxygens (including phenoxy) is 2. The van der Waals surface area contributed by atoms with E-state index in [1.54, 1.807) is 13.2 Å². The average molecular weight is 240 g/mol. The predicted octanol–water partition coefficient (Wildman–Crippen LogP) is 2.05. The van der Waals surface area contributed by atoms with Gasteiger partial charge in [0.25, 0.3) is 0 Å². The van der Waals surface area contributed by atoms with Crippen LogP contribution in [0.15, 0.2) is 30.9 Å². The Morgan fingerprint density at radius 1 is 1.50 bits per heavy atom. The molecular formula is C12H16O3S. The van der Waals surface area contributed by atoms with Gasteiger partial charge < -0.3 is 14.6 Å². The molecule has 1 aromatic carbocycles. The van der Waals surface area contributed by atoms with Gasteiger partial charge in [-0.3, -0.25) is 0 Å². The third-order valence-electron chi connectivity index (χ3n) is 2.03. The highest BCUT2D eigenvalue weighted by Gasteiger charge is 2.09. The summed E-state index contributed by atoms with van der Waals surface area (Å²) in [7, 11) is 1.58. The van der Waals surface area contributed by atoms with Gasteiger partial charge in [0.15, 0.2) is 16.9 Å². The van der Waals surface area contributed by atoms with Crippen LogP contribution in [-0.2, 0) is 6.42 Å². The zero-order valence-corrected chi connectivity index (χ0v) is 10.1. The minimum absolute atomic E-state index is 0.152. The van der Waals surface area contributed by atoms with Crippen molar-refractivity contribution in [3.8, 4) is 11.5 Å². The summed E-state index contributed by atoms with van der Waals surface area (Å²) in [5, 5.41) is 8.84. The normalized spacial score (nSPS) is 11.9. The van der Waals surface area contributed by atoms with Crippen molar-refractivity contribution >= 4 is 12.6 Å². The largest absolute Gasteiger partial charge is 0.493 e. The molecule has 0 aliphatic carbocycles. The highest BCUT2D eigenvalue weighted by molar-refractivity contribution is 7.80. The summed E-state index contributed by atoms with van der Waals surface area (Å²) in [5.41, 5.74) is 0.554. The Labute approximate surface area is 101 Å². The molecule has 0 saturated carbocycles. The molecule has 88 valence electrons. The molecule has 0 fully saturated rings. The molecule has 1 atom stereocenters. The molecule has 1 aromatic rings. The van der Waals surface area contributed by atoms with Crippen LogP contribution >= 0.6 is 12.6 Å². The minimum Gasteiger partial charge on any atom is -0.493 e. The fourth-order valence-corrected chi connectivity index (χ4v) is 1.40. The van der Waals surface area contributed by atoms with Gasteiger partial charge in [0.05, 0.1) is 13.7 Å². The molecule has 0 aromatic heterocycles. The molecule has 16 heavy (non-hydrogen) atoms. The molecular weight excluding hydrogens is 224 g/mol. The Kier molecular flexibility index (Phi) is 5.22. The van der Waals surface area contributed by atoms with Crippen LogP contribution in [0.25, 0.3) is 0 Å². The summed E-state index contributed by atoms with van der Waals surface area (Å²) in [5.74, 6) is 1.20. The molecule has 0 radical (unpaired) electrons. The van der Waals surface area contributed by atoms with Crippen molar-refractivity contribution in [2.24, 2.45) is 0 Å². The van der Waals surface area contributed by atoms with Gasteiger partial charge in [0.1, 0.15) is 0 Å². The van der Waals surface area contributed by atoms with Gasteiger partial charge in [-0.25, -0.2) is 0 Å². The van der Waals surface area contributed by atoms with Crippen molar-refractivity contribution in [2.45, 2.75) is 11.9 Å². The lowest BCUT2D eigenvalue weighted by atomic mass is 10.1. The monoisotopic (exact) mass is 240 g/mol. The van der Waals surface area contributed by atoms with Gasteiger partial charge in [0.2, 0.25) is 0 Å². The summed E-state index contributed by atoms with van der Waals surface area (Å²) in [6, 6.07) is 5.61. The maximum Gasteiger partial charge on any atom is 0.164 e. The van der Waals surface area contributed by atoms with Crippen LogP contribution in [0.5, 0.6) is 11.5 Å². The lowest BCUT2D eigenvalue weighted by Crippen LogP contribution is -2.13. The fraction of sp³-hybridized carbons (Fsp3) is 0.333. The van der Waals surface area contributed by atoms with Crippen molar-refractivity contribution < 1.29 is 14.6 Å². The number of benzene rings is 1. The quantitative estimate of drug-likeness (QED) is 0.454. The summed E-state index contributed by atoms with van der Waals surface area (Å²) in [4.78, 5) is 0. The van der Waals surface area contributed by atoms with Crippen molar-refractivity contribution in [1.82, 2.24) is 0 Å². The molecule has 0 spiro atoms. The first-order valence-corrected chi connectivity index (χ1v) is 5.46. The first-order chi connectivity index (χ1) is 7.71. The topological polar surface area (TPSA) is 38.7 Å². The Hall–Kier alpha value is -1.13. The number of aliphatic hydroxyl groups excluding tert-OH is 1. The van der Waals surface area contributed by atoms with E-state index in [4.69, 9.17) is 14.6 Å². The number of aliphatic hydroxyl groups is 1. The Bertz CT molecular complexity index is 352. The second kappa shape index (κ2) is 6.45. The molecule has 1 N–H and O–H groups in total. The van der Waals surface area contributed by atoms with Crippen LogP contribution in [-0.4, -0.2) is 24.3 Å². The first-order valence-electron chi connectivity index (χ1n) is 4.94. The van der Waals surface area contributed by atoms with Gasteiger partial charge in [-0.05, 0) is 24.1 Å². The number of hydrogen-bond donors (Lipinski definition) is 2. The third kappa shape index (κ3) is 3.47. The van der Waals surface area contributed by atoms with Gasteiger partial charge in [-0.1, -0.05) is 12.1 Å². The van der Waals surface area contributed by atoms with Crippen molar-refractivity contribution in [2.75, 3.05) is 13.7 Å². The second-order valence-corrected chi connectivity index (χ2v) is 3.81. The zero-order valence-electron chi connectivity index (χ0n) is 9.22. The molecule has 1 rings (SSSR count). The van der Waals surface area contributed by atoms with E-state index in [-0.39, 0.29) is 6.61 Å². The molecule has 4 heteroatoms. The highest BCUT2D eigenvalue weighted by Crippen LogP contribution is 2.29. The average Bonchev–Trinajstić information content (AvgIpc) is 2.31. The second-order valence-electron chi connectivity index (χ2n) is 3.23. The Morgan fingerprint density at radius 3 is 2.81 bits per heavy atom. The van der Waals surface area contributed by atoms with E-state index in [2.05, 4.69) is 19.2 Å². The lowest BCUT2D eigenvalue weighted by molar-refractivity contribution is 0.174. The summed E-state index contributed by atoms with van der Waals surface area (Å²) in [6.07, 6.45) is 2.60. The van der Waals surface area contributed by atoms with E-state index < -0.39 is 5.44 Å². The SMILES string of the molecule is C=CCc1ccc(OC(S)CO)c(OC)c1. The van der Waals surface area contributed by atoms with E-state index in [0.29, 0.717) is 11.5 Å². The van der Waals surface area contributed by atoms with E-state index in [1.807, 2.05) is 18.2 Å². The fourth-order valence-electron chi connectivity index (χ4n) is 1.29. The molecule has 1 unspecified atom stereocenters. The zero-order chi connectivity index (χ0) is 12.0. The van der Waals surface area contributed by atoms with Crippen LogP contribution in [0.2, 0.25) is 0 Å². The van der Waals surface area contributed by atoms with Crippen LogP contribution in [0, 0.1) is 0 Å². The summed E-state index contributed by atoms with van der Waals surface area (Å²) < 4.78 is 10.6. The molecule has 0 bridgehead atoms. The van der Waals surface area contributed by atoms with Gasteiger partial charge in [-0.15, -0.1) is 19.2 Å². The molecule has 0 amide bonds. The predicted molar refractivity (Wildman–Crippen MR) is 67.4 cm³/mol. The van der Waals surface area contributed by atoms with E-state index in [0.717, 1.165) is 12.0 Å². The van der Waals surface area contributed by atoms with Crippen molar-refractivity contribution in [3.63, 3.8) is 0 Å². The van der Waals surface area contributed by atoms with Crippen molar-refractivity contribution in [3.05, 3.63) is 36.4 Å². The third-order valence-corrected chi connectivity index (χ3v) is 2.30.